The molecular weight excluding hydrogens is 498 g/mol. The number of carbonyl (C=O) groups is 1. The molecule has 1 aromatic heterocycles. The molecule has 0 radical (unpaired) electrons. The Balaban J connectivity index is 1.62. The molecule has 1 aliphatic carbocycles. The van der Waals surface area contributed by atoms with Gasteiger partial charge in [0, 0.05) is 20.3 Å². The first kappa shape index (κ1) is 20.6. The maximum Gasteiger partial charge on any atom is 0.325 e. The van der Waals surface area contributed by atoms with Gasteiger partial charge in [-0.25, -0.2) is 8.42 Å². The van der Waals surface area contributed by atoms with Crippen molar-refractivity contribution in [1.29, 1.82) is 0 Å². The summed E-state index contributed by atoms with van der Waals surface area (Å²) in [6.45, 7) is 0. The molecule has 4 rings (SSSR count). The number of hydrogen-bond donors (Lipinski definition) is 2. The van der Waals surface area contributed by atoms with E-state index in [0.717, 1.165) is 31.8 Å². The molecule has 0 bridgehead atoms. The Morgan fingerprint density at radius 2 is 1.83 bits per heavy atom. The van der Waals surface area contributed by atoms with Crippen molar-refractivity contribution in [3.63, 3.8) is 0 Å². The van der Waals surface area contributed by atoms with Gasteiger partial charge < -0.3 is 5.11 Å². The zero-order chi connectivity index (χ0) is 20.8. The maximum atomic E-state index is 13.0. The van der Waals surface area contributed by atoms with Crippen molar-refractivity contribution in [2.24, 2.45) is 0 Å². The van der Waals surface area contributed by atoms with Crippen molar-refractivity contribution in [1.82, 2.24) is 4.72 Å². The van der Waals surface area contributed by atoms with E-state index in [1.54, 1.807) is 42.5 Å². The highest BCUT2D eigenvalue weighted by Gasteiger charge is 2.63. The summed E-state index contributed by atoms with van der Waals surface area (Å²) in [4.78, 5) is 12.7. The van der Waals surface area contributed by atoms with Gasteiger partial charge in [0.15, 0.2) is 0 Å². The Morgan fingerprint density at radius 1 is 1.14 bits per heavy atom. The smallest absolute Gasteiger partial charge is 0.325 e. The highest BCUT2D eigenvalue weighted by molar-refractivity contribution is 9.10. The molecule has 0 saturated heterocycles. The fraction of sp³-hybridized carbons (Fsp3) is 0.150. The van der Waals surface area contributed by atoms with E-state index in [-0.39, 0.29) is 10.6 Å². The molecule has 0 aliphatic heterocycles. The molecule has 5 nitrogen and oxygen atoms in total. The lowest BCUT2D eigenvalue weighted by molar-refractivity contribution is -0.140. The van der Waals surface area contributed by atoms with Crippen molar-refractivity contribution in [3.05, 3.63) is 75.7 Å². The molecule has 29 heavy (non-hydrogen) atoms. The third-order valence-electron chi connectivity index (χ3n) is 4.91. The molecular formula is C20H15BrClNO4S2. The minimum absolute atomic E-state index is 0.0702. The van der Waals surface area contributed by atoms with Crippen LogP contribution < -0.4 is 4.72 Å². The predicted molar refractivity (Wildman–Crippen MR) is 117 cm³/mol. The van der Waals surface area contributed by atoms with Gasteiger partial charge in [0.1, 0.15) is 9.75 Å². The average Bonchev–Trinajstić information content (AvgIpc) is 3.16. The summed E-state index contributed by atoms with van der Waals surface area (Å²) < 4.78 is 29.2. The number of nitrogens with one attached hydrogen (secondary N) is 1. The van der Waals surface area contributed by atoms with Crippen LogP contribution in [0, 0.1) is 0 Å². The van der Waals surface area contributed by atoms with Crippen LogP contribution in [0.25, 0.3) is 10.4 Å². The Morgan fingerprint density at radius 3 is 2.48 bits per heavy atom. The third kappa shape index (κ3) is 3.87. The number of hydrogen-bond acceptors (Lipinski definition) is 4. The molecule has 2 N–H and O–H groups in total. The standard InChI is InChI=1S/C20H15BrClNO4S2/c21-16-4-2-1-3-14(16)15-11-20(15,19(24)25)23-29(26,27)18-10-9-17(28-18)12-5-7-13(22)8-6-12/h1-10,15,23H,11H2,(H,24,25)/t15-,20+/m0/s1. The van der Waals surface area contributed by atoms with Crippen molar-refractivity contribution in [2.75, 3.05) is 0 Å². The lowest BCUT2D eigenvalue weighted by Gasteiger charge is -2.15. The number of thiophene rings is 1. The van der Waals surface area contributed by atoms with Crippen LogP contribution in [0.4, 0.5) is 0 Å². The molecule has 3 aromatic rings. The topological polar surface area (TPSA) is 83.5 Å². The van der Waals surface area contributed by atoms with E-state index in [9.17, 15) is 18.3 Å². The number of halogens is 2. The van der Waals surface area contributed by atoms with Gasteiger partial charge in [0.25, 0.3) is 10.0 Å². The summed E-state index contributed by atoms with van der Waals surface area (Å²) in [5.74, 6) is -1.63. The highest BCUT2D eigenvalue weighted by Crippen LogP contribution is 2.54. The molecule has 1 heterocycles. The fourth-order valence-electron chi connectivity index (χ4n) is 3.31. The number of carboxylic acid groups (broad SMARTS) is 1. The summed E-state index contributed by atoms with van der Waals surface area (Å²) in [5.41, 5.74) is 0.0598. The fourth-order valence-corrected chi connectivity index (χ4v) is 6.72. The van der Waals surface area contributed by atoms with Gasteiger partial charge >= 0.3 is 5.97 Å². The van der Waals surface area contributed by atoms with Gasteiger partial charge in [-0.05, 0) is 47.9 Å². The monoisotopic (exact) mass is 511 g/mol. The van der Waals surface area contributed by atoms with E-state index in [2.05, 4.69) is 20.7 Å². The van der Waals surface area contributed by atoms with Crippen LogP contribution in [0.15, 0.2) is 69.3 Å². The van der Waals surface area contributed by atoms with E-state index >= 15 is 0 Å². The SMILES string of the molecule is O=C(O)[C@@]1(NS(=O)(=O)c2ccc(-c3ccc(Cl)cc3)s2)C[C@H]1c1ccccc1Br. The van der Waals surface area contributed by atoms with E-state index in [1.165, 1.54) is 6.07 Å². The molecule has 9 heteroatoms. The van der Waals surface area contributed by atoms with Gasteiger partial charge in [0.05, 0.1) is 0 Å². The van der Waals surface area contributed by atoms with Crippen LogP contribution in [-0.2, 0) is 14.8 Å². The second-order valence-electron chi connectivity index (χ2n) is 6.79. The number of benzene rings is 2. The first-order valence-corrected chi connectivity index (χ1v) is 12.1. The van der Waals surface area contributed by atoms with E-state index < -0.39 is 27.4 Å². The zero-order valence-corrected chi connectivity index (χ0v) is 18.8. The summed E-state index contributed by atoms with van der Waals surface area (Å²) in [6.07, 6.45) is 0.194. The largest absolute Gasteiger partial charge is 0.480 e. The second-order valence-corrected chi connectivity index (χ2v) is 11.1. The Kier molecular flexibility index (Phi) is 5.33. The van der Waals surface area contributed by atoms with Gasteiger partial charge in [0.2, 0.25) is 0 Å². The summed E-state index contributed by atoms with van der Waals surface area (Å²) in [7, 11) is -4.00. The molecule has 2 aromatic carbocycles. The molecule has 150 valence electrons. The maximum absolute atomic E-state index is 13.0. The molecule has 1 fully saturated rings. The molecule has 1 saturated carbocycles. The van der Waals surface area contributed by atoms with Crippen molar-refractivity contribution < 1.29 is 18.3 Å². The van der Waals surface area contributed by atoms with Gasteiger partial charge in [-0.1, -0.05) is 57.9 Å². The second kappa shape index (κ2) is 7.52. The van der Waals surface area contributed by atoms with E-state index in [0.29, 0.717) is 5.02 Å². The minimum atomic E-state index is -4.00. The third-order valence-corrected chi connectivity index (χ3v) is 9.02. The van der Waals surface area contributed by atoms with E-state index in [1.807, 2.05) is 12.1 Å². The first-order valence-electron chi connectivity index (χ1n) is 8.60. The quantitative estimate of drug-likeness (QED) is 0.480. The minimum Gasteiger partial charge on any atom is -0.480 e. The number of carboxylic acids is 1. The molecule has 1 aliphatic rings. The number of rotatable bonds is 6. The highest BCUT2D eigenvalue weighted by atomic mass is 79.9. The van der Waals surface area contributed by atoms with Crippen LogP contribution in [0.1, 0.15) is 17.9 Å². The van der Waals surface area contributed by atoms with Crippen molar-refractivity contribution >= 4 is 54.9 Å². The normalized spacial score (nSPS) is 21.1. The predicted octanol–water partition coefficient (Wildman–Crippen LogP) is 5.12. The number of aliphatic carboxylic acids is 1. The number of sulfonamides is 1. The lowest BCUT2D eigenvalue weighted by atomic mass is 10.1. The summed E-state index contributed by atoms with van der Waals surface area (Å²) in [6, 6.07) is 17.5. The molecule has 0 unspecified atom stereocenters. The van der Waals surface area contributed by atoms with Crippen LogP contribution >= 0.6 is 38.9 Å². The average molecular weight is 513 g/mol. The van der Waals surface area contributed by atoms with Gasteiger partial charge in [-0.15, -0.1) is 11.3 Å². The van der Waals surface area contributed by atoms with Crippen molar-refractivity contribution in [2.45, 2.75) is 22.1 Å². The first-order chi connectivity index (χ1) is 13.7. The zero-order valence-electron chi connectivity index (χ0n) is 14.8. The van der Waals surface area contributed by atoms with E-state index in [4.69, 9.17) is 11.6 Å². The van der Waals surface area contributed by atoms with Gasteiger partial charge in [-0.2, -0.15) is 4.72 Å². The Bertz CT molecular complexity index is 1190. The molecule has 2 atom stereocenters. The Hall–Kier alpha value is -1.71. The summed E-state index contributed by atoms with van der Waals surface area (Å²) in [5, 5.41) is 10.4. The summed E-state index contributed by atoms with van der Waals surface area (Å²) >= 11 is 10.4. The molecule has 0 amide bonds. The van der Waals surface area contributed by atoms with Crippen LogP contribution in [0.3, 0.4) is 0 Å². The Labute approximate surface area is 185 Å². The van der Waals surface area contributed by atoms with Crippen LogP contribution in [-0.4, -0.2) is 25.0 Å². The van der Waals surface area contributed by atoms with Crippen LogP contribution in [0.5, 0.6) is 0 Å². The van der Waals surface area contributed by atoms with Crippen LogP contribution in [0.2, 0.25) is 5.02 Å². The van der Waals surface area contributed by atoms with Crippen molar-refractivity contribution in [3.8, 4) is 10.4 Å². The van der Waals surface area contributed by atoms with Gasteiger partial charge in [-0.3, -0.25) is 4.79 Å². The lowest BCUT2D eigenvalue weighted by Crippen LogP contribution is -2.44. The molecule has 0 spiro atoms.